The third kappa shape index (κ3) is 5.69. The van der Waals surface area contributed by atoms with Gasteiger partial charge >= 0.3 is 0 Å². The molecule has 0 radical (unpaired) electrons. The van der Waals surface area contributed by atoms with E-state index in [1.165, 1.54) is 0 Å². The number of H-pyrrole nitrogens is 1. The molecule has 0 spiro atoms. The molecule has 3 N–H and O–H groups in total. The lowest BCUT2D eigenvalue weighted by Gasteiger charge is -2.07. The van der Waals surface area contributed by atoms with Gasteiger partial charge in [-0.1, -0.05) is 12.1 Å². The average molecular weight is 405 g/mol. The monoisotopic (exact) mass is 404 g/mol. The zero-order valence-corrected chi connectivity index (χ0v) is 16.4. The van der Waals surface area contributed by atoms with Gasteiger partial charge in [0.05, 0.1) is 28.1 Å². The van der Waals surface area contributed by atoms with Crippen LogP contribution in [0.2, 0.25) is 0 Å². The van der Waals surface area contributed by atoms with Gasteiger partial charge in [0.1, 0.15) is 10.8 Å². The lowest BCUT2D eigenvalue weighted by molar-refractivity contribution is -0.404. The standard InChI is InChI=1S/C17H20N6O2S2/c1-18-16(9-23(24)25)19-6-7-26-10-12-11-27-17(20-12)8-15-21-13-4-2-3-5-14(13)22-15/h2-5,9,11,18-19H,6-8,10H2,1H3,(H,21,22). The minimum atomic E-state index is -0.481. The van der Waals surface area contributed by atoms with Crippen LogP contribution in [0.5, 0.6) is 0 Å². The van der Waals surface area contributed by atoms with Crippen molar-refractivity contribution in [2.75, 3.05) is 19.3 Å². The molecule has 8 nitrogen and oxygen atoms in total. The van der Waals surface area contributed by atoms with Crippen molar-refractivity contribution in [3.05, 3.63) is 68.3 Å². The van der Waals surface area contributed by atoms with Crippen molar-refractivity contribution < 1.29 is 4.92 Å². The maximum absolute atomic E-state index is 10.5. The molecule has 0 aliphatic rings. The second kappa shape index (κ2) is 9.38. The summed E-state index contributed by atoms with van der Waals surface area (Å²) >= 11 is 3.37. The predicted molar refractivity (Wildman–Crippen MR) is 109 cm³/mol. The van der Waals surface area contributed by atoms with Crippen LogP contribution in [0.3, 0.4) is 0 Å². The summed E-state index contributed by atoms with van der Waals surface area (Å²) in [6, 6.07) is 7.98. The van der Waals surface area contributed by atoms with Gasteiger partial charge in [0.2, 0.25) is 0 Å². The normalized spacial score (nSPS) is 11.7. The lowest BCUT2D eigenvalue weighted by Crippen LogP contribution is -2.26. The van der Waals surface area contributed by atoms with E-state index in [0.717, 1.165) is 45.3 Å². The van der Waals surface area contributed by atoms with Crippen LogP contribution < -0.4 is 10.6 Å². The van der Waals surface area contributed by atoms with Crippen LogP contribution >= 0.6 is 23.1 Å². The number of rotatable bonds is 10. The van der Waals surface area contributed by atoms with E-state index in [4.69, 9.17) is 0 Å². The number of nitrogens with one attached hydrogen (secondary N) is 3. The summed E-state index contributed by atoms with van der Waals surface area (Å²) in [5.41, 5.74) is 3.06. The van der Waals surface area contributed by atoms with Crippen molar-refractivity contribution >= 4 is 34.1 Å². The summed E-state index contributed by atoms with van der Waals surface area (Å²) < 4.78 is 0. The van der Waals surface area contributed by atoms with Crippen LogP contribution in [0.4, 0.5) is 0 Å². The van der Waals surface area contributed by atoms with Gasteiger partial charge in [0, 0.05) is 30.5 Å². The summed E-state index contributed by atoms with van der Waals surface area (Å²) in [6.07, 6.45) is 1.62. The Labute approximate surface area is 164 Å². The number of thioether (sulfide) groups is 1. The maximum atomic E-state index is 10.5. The first kappa shape index (κ1) is 19.2. The number of aromatic nitrogens is 3. The third-order valence-corrected chi connectivity index (χ3v) is 5.56. The highest BCUT2D eigenvalue weighted by atomic mass is 32.2. The molecule has 142 valence electrons. The number of hydrogen-bond acceptors (Lipinski definition) is 8. The number of imidazole rings is 1. The van der Waals surface area contributed by atoms with Crippen molar-refractivity contribution in [1.82, 2.24) is 25.6 Å². The number of hydrogen-bond donors (Lipinski definition) is 3. The van der Waals surface area contributed by atoms with Crippen LogP contribution in [-0.2, 0) is 12.2 Å². The SMILES string of the molecule is CNC(=C[N+](=O)[O-])NCCSCc1csc(Cc2nc3ccccc3[nH]2)n1. The first-order valence-corrected chi connectivity index (χ1v) is 10.4. The Balaban J connectivity index is 1.43. The highest BCUT2D eigenvalue weighted by Gasteiger charge is 2.07. The molecule has 3 aromatic rings. The number of nitro groups is 1. The van der Waals surface area contributed by atoms with E-state index in [1.807, 2.05) is 24.3 Å². The quantitative estimate of drug-likeness (QED) is 0.271. The Bertz CT molecular complexity index is 903. The largest absolute Gasteiger partial charge is 0.370 e. The van der Waals surface area contributed by atoms with E-state index in [1.54, 1.807) is 30.1 Å². The Morgan fingerprint density at radius 1 is 1.41 bits per heavy atom. The molecular formula is C17H20N6O2S2. The molecule has 2 aromatic heterocycles. The number of fused-ring (bicyclic) bond motifs is 1. The van der Waals surface area contributed by atoms with Gasteiger partial charge in [-0.15, -0.1) is 11.3 Å². The van der Waals surface area contributed by atoms with Crippen LogP contribution in [0, 0.1) is 10.1 Å². The molecule has 3 rings (SSSR count). The summed E-state index contributed by atoms with van der Waals surface area (Å²) in [6.45, 7) is 0.640. The lowest BCUT2D eigenvalue weighted by atomic mass is 10.3. The van der Waals surface area contributed by atoms with Crippen LogP contribution in [0.15, 0.2) is 41.7 Å². The number of aromatic amines is 1. The van der Waals surface area contributed by atoms with Crippen LogP contribution in [0.1, 0.15) is 16.5 Å². The summed E-state index contributed by atoms with van der Waals surface area (Å²) in [7, 11) is 1.65. The van der Waals surface area contributed by atoms with Crippen LogP contribution in [0.25, 0.3) is 11.0 Å². The molecule has 0 unspecified atom stereocenters. The van der Waals surface area contributed by atoms with Gasteiger partial charge in [0.25, 0.3) is 6.20 Å². The van der Waals surface area contributed by atoms with Gasteiger partial charge in [-0.2, -0.15) is 11.8 Å². The van der Waals surface area contributed by atoms with Crippen molar-refractivity contribution in [3.8, 4) is 0 Å². The maximum Gasteiger partial charge on any atom is 0.274 e. The highest BCUT2D eigenvalue weighted by Crippen LogP contribution is 2.19. The fourth-order valence-electron chi connectivity index (χ4n) is 2.47. The van der Waals surface area contributed by atoms with E-state index in [0.29, 0.717) is 18.8 Å². The first-order chi connectivity index (χ1) is 13.1. The fraction of sp³-hybridized carbons (Fsp3) is 0.294. The molecule has 10 heteroatoms. The number of nitrogens with zero attached hydrogens (tertiary/aromatic N) is 3. The number of para-hydroxylation sites is 2. The van der Waals surface area contributed by atoms with E-state index < -0.39 is 4.92 Å². The molecule has 1 aromatic carbocycles. The van der Waals surface area contributed by atoms with Gasteiger partial charge in [0.15, 0.2) is 5.82 Å². The molecule has 0 aliphatic carbocycles. The van der Waals surface area contributed by atoms with Crippen molar-refractivity contribution in [2.24, 2.45) is 0 Å². The van der Waals surface area contributed by atoms with E-state index in [2.05, 4.69) is 31.0 Å². The average Bonchev–Trinajstić information content (AvgIpc) is 3.26. The molecule has 0 aliphatic heterocycles. The Hall–Kier alpha value is -2.59. The molecule has 0 saturated heterocycles. The second-order valence-corrected chi connectivity index (χ2v) is 7.72. The highest BCUT2D eigenvalue weighted by molar-refractivity contribution is 7.98. The fourth-order valence-corrected chi connectivity index (χ4v) is 4.12. The van der Waals surface area contributed by atoms with Crippen molar-refractivity contribution in [2.45, 2.75) is 12.2 Å². The minimum absolute atomic E-state index is 0.405. The van der Waals surface area contributed by atoms with Crippen LogP contribution in [-0.4, -0.2) is 39.2 Å². The number of benzene rings is 1. The molecule has 27 heavy (non-hydrogen) atoms. The van der Waals surface area contributed by atoms with Crippen molar-refractivity contribution in [1.29, 1.82) is 0 Å². The van der Waals surface area contributed by atoms with Gasteiger partial charge in [-0.05, 0) is 12.1 Å². The molecule has 0 bridgehead atoms. The van der Waals surface area contributed by atoms with Gasteiger partial charge < -0.3 is 15.6 Å². The summed E-state index contributed by atoms with van der Waals surface area (Å²) in [4.78, 5) is 22.6. The van der Waals surface area contributed by atoms with E-state index in [-0.39, 0.29) is 0 Å². The second-order valence-electron chi connectivity index (χ2n) is 5.67. The summed E-state index contributed by atoms with van der Waals surface area (Å²) in [5.74, 6) is 2.97. The van der Waals surface area contributed by atoms with E-state index >= 15 is 0 Å². The van der Waals surface area contributed by atoms with Gasteiger partial charge in [-0.3, -0.25) is 10.1 Å². The van der Waals surface area contributed by atoms with E-state index in [9.17, 15) is 10.1 Å². The van der Waals surface area contributed by atoms with Gasteiger partial charge in [-0.25, -0.2) is 9.97 Å². The Morgan fingerprint density at radius 3 is 3.04 bits per heavy atom. The third-order valence-electron chi connectivity index (χ3n) is 3.67. The predicted octanol–water partition coefficient (Wildman–Crippen LogP) is 2.73. The molecule has 0 amide bonds. The Kier molecular flexibility index (Phi) is 6.66. The zero-order valence-electron chi connectivity index (χ0n) is 14.8. The molecule has 2 heterocycles. The van der Waals surface area contributed by atoms with Crippen molar-refractivity contribution in [3.63, 3.8) is 0 Å². The Morgan fingerprint density at radius 2 is 2.26 bits per heavy atom. The topological polar surface area (TPSA) is 109 Å². The molecule has 0 saturated carbocycles. The minimum Gasteiger partial charge on any atom is -0.370 e. The zero-order chi connectivity index (χ0) is 19.1. The molecular weight excluding hydrogens is 384 g/mol. The summed E-state index contributed by atoms with van der Waals surface area (Å²) in [5, 5.41) is 19.3. The first-order valence-electron chi connectivity index (χ1n) is 8.35. The number of thiazole rings is 1. The smallest absolute Gasteiger partial charge is 0.274 e. The molecule has 0 fully saturated rings. The molecule has 0 atom stereocenters.